The molecule has 188 valence electrons. The van der Waals surface area contributed by atoms with E-state index >= 15 is 0 Å². The molecule has 2 N–H and O–H groups in total. The van der Waals surface area contributed by atoms with Gasteiger partial charge in [-0.25, -0.2) is 5.43 Å². The third-order valence-corrected chi connectivity index (χ3v) is 6.61. The fourth-order valence-corrected chi connectivity index (χ4v) is 4.09. The van der Waals surface area contributed by atoms with Crippen LogP contribution in [0.15, 0.2) is 88.4 Å². The predicted octanol–water partition coefficient (Wildman–Crippen LogP) is 6.67. The van der Waals surface area contributed by atoms with Gasteiger partial charge < -0.3 is 10.1 Å². The molecule has 0 saturated carbocycles. The number of hydrogen-bond donors (Lipinski definition) is 2. The Morgan fingerprint density at radius 1 is 0.892 bits per heavy atom. The molecular weight excluding hydrogens is 530 g/mol. The summed E-state index contributed by atoms with van der Waals surface area (Å²) < 4.78 is 7.12. The molecule has 0 heterocycles. The van der Waals surface area contributed by atoms with E-state index in [4.69, 9.17) is 4.74 Å². The summed E-state index contributed by atoms with van der Waals surface area (Å²) in [5, 5.41) is 9.03. The smallest absolute Gasteiger partial charge is 0.240 e. The number of anilines is 1. The second kappa shape index (κ2) is 12.3. The SMILES string of the molecule is Cc1cccc(NC(=O)CCC(=O)NN=Cc2c(OCc3ccc(Br)cc3)ccc3ccccc23)c1C. The molecule has 7 heteroatoms. The zero-order valence-corrected chi connectivity index (χ0v) is 22.3. The van der Waals surface area contributed by atoms with Gasteiger partial charge in [-0.3, -0.25) is 9.59 Å². The molecule has 0 spiro atoms. The number of halogens is 1. The zero-order chi connectivity index (χ0) is 26.2. The van der Waals surface area contributed by atoms with Crippen LogP contribution in [0, 0.1) is 13.8 Å². The van der Waals surface area contributed by atoms with Crippen molar-refractivity contribution in [1.29, 1.82) is 0 Å². The summed E-state index contributed by atoms with van der Waals surface area (Å²) in [5.41, 5.74) is 7.20. The average molecular weight is 558 g/mol. The highest BCUT2D eigenvalue weighted by molar-refractivity contribution is 9.10. The first-order chi connectivity index (χ1) is 17.9. The third kappa shape index (κ3) is 7.05. The molecule has 6 nitrogen and oxygen atoms in total. The van der Waals surface area contributed by atoms with Crippen LogP contribution in [0.5, 0.6) is 5.75 Å². The first-order valence-electron chi connectivity index (χ1n) is 12.0. The van der Waals surface area contributed by atoms with E-state index in [2.05, 4.69) is 31.8 Å². The van der Waals surface area contributed by atoms with E-state index in [9.17, 15) is 9.59 Å². The zero-order valence-electron chi connectivity index (χ0n) is 20.8. The number of hydrogen-bond acceptors (Lipinski definition) is 4. The van der Waals surface area contributed by atoms with Crippen LogP contribution < -0.4 is 15.5 Å². The van der Waals surface area contributed by atoms with Crippen LogP contribution in [0.25, 0.3) is 10.8 Å². The minimum Gasteiger partial charge on any atom is -0.488 e. The van der Waals surface area contributed by atoms with Gasteiger partial charge in [0.15, 0.2) is 0 Å². The van der Waals surface area contributed by atoms with Crippen molar-refractivity contribution < 1.29 is 14.3 Å². The normalized spacial score (nSPS) is 11.0. The summed E-state index contributed by atoms with van der Waals surface area (Å²) in [4.78, 5) is 24.7. The van der Waals surface area contributed by atoms with E-state index < -0.39 is 0 Å². The van der Waals surface area contributed by atoms with Crippen LogP contribution >= 0.6 is 15.9 Å². The van der Waals surface area contributed by atoms with Crippen LogP contribution in [0.1, 0.15) is 35.1 Å². The Morgan fingerprint density at radius 3 is 2.46 bits per heavy atom. The molecule has 4 aromatic carbocycles. The molecule has 4 rings (SSSR count). The topological polar surface area (TPSA) is 79.8 Å². The van der Waals surface area contributed by atoms with Crippen LogP contribution in [-0.4, -0.2) is 18.0 Å². The fraction of sp³-hybridized carbons (Fsp3) is 0.167. The number of amides is 2. The molecule has 0 aliphatic carbocycles. The largest absolute Gasteiger partial charge is 0.488 e. The molecule has 0 bridgehead atoms. The first kappa shape index (κ1) is 26.1. The summed E-state index contributed by atoms with van der Waals surface area (Å²) in [6.45, 7) is 4.34. The molecule has 0 fully saturated rings. The van der Waals surface area contributed by atoms with Gasteiger partial charge in [-0.05, 0) is 65.6 Å². The molecular formula is C30H28BrN3O3. The number of carbonyl (C=O) groups is 2. The van der Waals surface area contributed by atoms with E-state index in [0.29, 0.717) is 12.4 Å². The van der Waals surface area contributed by atoms with Crippen molar-refractivity contribution in [1.82, 2.24) is 5.43 Å². The highest BCUT2D eigenvalue weighted by Crippen LogP contribution is 2.27. The lowest BCUT2D eigenvalue weighted by molar-refractivity contribution is -0.124. The molecule has 0 unspecified atom stereocenters. The van der Waals surface area contributed by atoms with Crippen molar-refractivity contribution in [2.75, 3.05) is 5.32 Å². The van der Waals surface area contributed by atoms with Crippen LogP contribution in [0.2, 0.25) is 0 Å². The lowest BCUT2D eigenvalue weighted by Crippen LogP contribution is -2.21. The summed E-state index contributed by atoms with van der Waals surface area (Å²) in [5.74, 6) is 0.1000. The fourth-order valence-electron chi connectivity index (χ4n) is 3.83. The van der Waals surface area contributed by atoms with Crippen molar-refractivity contribution in [3.63, 3.8) is 0 Å². The Balaban J connectivity index is 1.39. The maximum atomic E-state index is 12.4. The summed E-state index contributed by atoms with van der Waals surface area (Å²) in [7, 11) is 0. The number of rotatable bonds is 9. The Morgan fingerprint density at radius 2 is 1.65 bits per heavy atom. The van der Waals surface area contributed by atoms with E-state index in [-0.39, 0.29) is 24.7 Å². The van der Waals surface area contributed by atoms with Gasteiger partial charge >= 0.3 is 0 Å². The Labute approximate surface area is 224 Å². The van der Waals surface area contributed by atoms with Crippen molar-refractivity contribution in [2.24, 2.45) is 5.10 Å². The van der Waals surface area contributed by atoms with Gasteiger partial charge in [-0.2, -0.15) is 5.10 Å². The van der Waals surface area contributed by atoms with Gasteiger partial charge in [-0.15, -0.1) is 0 Å². The van der Waals surface area contributed by atoms with Crippen molar-refractivity contribution in [3.05, 3.63) is 106 Å². The second-order valence-corrected chi connectivity index (χ2v) is 9.62. The summed E-state index contributed by atoms with van der Waals surface area (Å²) in [6.07, 6.45) is 1.67. The average Bonchev–Trinajstić information content (AvgIpc) is 2.90. The third-order valence-electron chi connectivity index (χ3n) is 6.08. The second-order valence-electron chi connectivity index (χ2n) is 8.70. The van der Waals surface area contributed by atoms with Gasteiger partial charge in [0.05, 0.1) is 6.21 Å². The molecule has 2 amide bonds. The quantitative estimate of drug-likeness (QED) is 0.178. The molecule has 0 radical (unpaired) electrons. The monoisotopic (exact) mass is 557 g/mol. The summed E-state index contributed by atoms with van der Waals surface area (Å²) in [6, 6.07) is 25.5. The van der Waals surface area contributed by atoms with E-state index in [0.717, 1.165) is 43.2 Å². The van der Waals surface area contributed by atoms with Crippen LogP contribution in [0.3, 0.4) is 0 Å². The van der Waals surface area contributed by atoms with Gasteiger partial charge in [0.25, 0.3) is 0 Å². The van der Waals surface area contributed by atoms with Crippen molar-refractivity contribution in [3.8, 4) is 5.75 Å². The lowest BCUT2D eigenvalue weighted by atomic mass is 10.0. The number of nitrogens with zero attached hydrogens (tertiary/aromatic N) is 1. The Kier molecular flexibility index (Phi) is 8.69. The number of hydrazone groups is 1. The molecule has 0 atom stereocenters. The standard InChI is InChI=1S/C30H28BrN3O3/c1-20-6-5-9-27(21(20)2)33-29(35)16-17-30(36)34-32-18-26-25-8-4-3-7-23(25)12-15-28(26)37-19-22-10-13-24(31)14-11-22/h3-15,18H,16-17,19H2,1-2H3,(H,33,35)(H,34,36). The lowest BCUT2D eigenvalue weighted by Gasteiger charge is -2.12. The van der Waals surface area contributed by atoms with Gasteiger partial charge in [-0.1, -0.05) is 70.5 Å². The van der Waals surface area contributed by atoms with Gasteiger partial charge in [0.1, 0.15) is 12.4 Å². The number of aryl methyl sites for hydroxylation is 1. The number of nitrogens with one attached hydrogen (secondary N) is 2. The van der Waals surface area contributed by atoms with Crippen LogP contribution in [-0.2, 0) is 16.2 Å². The summed E-state index contributed by atoms with van der Waals surface area (Å²) >= 11 is 3.44. The molecule has 0 aromatic heterocycles. The molecule has 4 aromatic rings. The van der Waals surface area contributed by atoms with E-state index in [1.54, 1.807) is 6.21 Å². The van der Waals surface area contributed by atoms with Gasteiger partial charge in [0, 0.05) is 28.6 Å². The number of benzene rings is 4. The minimum absolute atomic E-state index is 0.0243. The van der Waals surface area contributed by atoms with E-state index in [1.807, 2.05) is 92.7 Å². The number of ether oxygens (including phenoxy) is 1. The highest BCUT2D eigenvalue weighted by atomic mass is 79.9. The first-order valence-corrected chi connectivity index (χ1v) is 12.8. The molecule has 0 saturated heterocycles. The number of fused-ring (bicyclic) bond motifs is 1. The Hall–Kier alpha value is -3.97. The van der Waals surface area contributed by atoms with Crippen molar-refractivity contribution >= 4 is 50.4 Å². The maximum Gasteiger partial charge on any atom is 0.240 e. The van der Waals surface area contributed by atoms with Crippen LogP contribution in [0.4, 0.5) is 5.69 Å². The van der Waals surface area contributed by atoms with Crippen molar-refractivity contribution in [2.45, 2.75) is 33.3 Å². The minimum atomic E-state index is -0.343. The predicted molar refractivity (Wildman–Crippen MR) is 152 cm³/mol. The van der Waals surface area contributed by atoms with Gasteiger partial charge in [0.2, 0.25) is 11.8 Å². The molecule has 0 aliphatic heterocycles. The maximum absolute atomic E-state index is 12.4. The highest BCUT2D eigenvalue weighted by Gasteiger charge is 2.10. The molecule has 37 heavy (non-hydrogen) atoms. The Bertz CT molecular complexity index is 1450. The molecule has 0 aliphatic rings. The van der Waals surface area contributed by atoms with E-state index in [1.165, 1.54) is 0 Å². The number of carbonyl (C=O) groups excluding carboxylic acids is 2.